The van der Waals surface area contributed by atoms with Crippen LogP contribution in [-0.4, -0.2) is 30.3 Å². The summed E-state index contributed by atoms with van der Waals surface area (Å²) in [5.41, 5.74) is 0.398. The maximum absolute atomic E-state index is 13.0. The topological polar surface area (TPSA) is 75.8 Å². The summed E-state index contributed by atoms with van der Waals surface area (Å²) >= 11 is 0. The summed E-state index contributed by atoms with van der Waals surface area (Å²) in [6, 6.07) is 6.95. The number of nitrogens with one attached hydrogen (secondary N) is 1. The Kier molecular flexibility index (Phi) is 7.71. The number of esters is 2. The van der Waals surface area contributed by atoms with Crippen molar-refractivity contribution < 1.29 is 41.2 Å². The number of fused-ring (bicyclic) bond motifs is 3. The quantitative estimate of drug-likeness (QED) is 0.382. The van der Waals surface area contributed by atoms with Gasteiger partial charge in [0.05, 0.1) is 0 Å². The molecule has 0 bridgehead atoms. The van der Waals surface area contributed by atoms with E-state index in [4.69, 9.17) is 14.2 Å². The fourth-order valence-electron chi connectivity index (χ4n) is 3.77. The molecule has 1 heterocycles. The summed E-state index contributed by atoms with van der Waals surface area (Å²) in [6.45, 7) is 13.0. The van der Waals surface area contributed by atoms with Crippen molar-refractivity contribution >= 4 is 29.4 Å². The first-order valence-electron chi connectivity index (χ1n) is 10.4. The zero-order chi connectivity index (χ0) is 22.1. The van der Waals surface area contributed by atoms with Crippen LogP contribution in [-0.2, 0) is 16.0 Å². The SMILES string of the molecule is C=[NH+]C(C(=O)Oc1c(OC(C)=O)c2c(c3ccccc13)OC(C)(C)CC2)C(C)CC.[Cl-]. The van der Waals surface area contributed by atoms with Gasteiger partial charge in [-0.3, -0.25) is 4.79 Å². The summed E-state index contributed by atoms with van der Waals surface area (Å²) in [5, 5.41) is 1.48. The van der Waals surface area contributed by atoms with Crippen LogP contribution in [0.4, 0.5) is 0 Å². The molecule has 168 valence electrons. The Morgan fingerprint density at radius 2 is 1.84 bits per heavy atom. The van der Waals surface area contributed by atoms with E-state index in [1.165, 1.54) is 6.92 Å². The lowest BCUT2D eigenvalue weighted by Gasteiger charge is -2.34. The highest BCUT2D eigenvalue weighted by Crippen LogP contribution is 2.50. The van der Waals surface area contributed by atoms with Crippen LogP contribution in [0.15, 0.2) is 24.3 Å². The largest absolute Gasteiger partial charge is 1.00 e. The van der Waals surface area contributed by atoms with Crippen molar-refractivity contribution in [3.05, 3.63) is 29.8 Å². The lowest BCUT2D eigenvalue weighted by molar-refractivity contribution is -0.490. The third-order valence-electron chi connectivity index (χ3n) is 5.66. The average Bonchev–Trinajstić information content (AvgIpc) is 2.69. The molecule has 2 aromatic rings. The number of hydrogen-bond donors (Lipinski definition) is 1. The van der Waals surface area contributed by atoms with E-state index in [-0.39, 0.29) is 35.4 Å². The summed E-state index contributed by atoms with van der Waals surface area (Å²) in [7, 11) is 0. The van der Waals surface area contributed by atoms with Crippen LogP contribution >= 0.6 is 0 Å². The molecule has 31 heavy (non-hydrogen) atoms. The van der Waals surface area contributed by atoms with Gasteiger partial charge in [0.1, 0.15) is 18.1 Å². The fourth-order valence-corrected chi connectivity index (χ4v) is 3.77. The van der Waals surface area contributed by atoms with Gasteiger partial charge in [-0.1, -0.05) is 38.1 Å². The van der Waals surface area contributed by atoms with E-state index < -0.39 is 18.0 Å². The predicted octanol–water partition coefficient (Wildman–Crippen LogP) is -0.0260. The minimum Gasteiger partial charge on any atom is -1.00 e. The first-order valence-corrected chi connectivity index (χ1v) is 10.4. The molecule has 0 aromatic heterocycles. The van der Waals surface area contributed by atoms with Gasteiger partial charge >= 0.3 is 11.9 Å². The van der Waals surface area contributed by atoms with E-state index in [0.29, 0.717) is 17.6 Å². The maximum Gasteiger partial charge on any atom is 0.381 e. The van der Waals surface area contributed by atoms with Gasteiger partial charge < -0.3 is 26.6 Å². The van der Waals surface area contributed by atoms with E-state index in [0.717, 1.165) is 23.8 Å². The Bertz CT molecular complexity index is 1000. The van der Waals surface area contributed by atoms with Crippen molar-refractivity contribution in [1.29, 1.82) is 0 Å². The first-order chi connectivity index (χ1) is 14.2. The summed E-state index contributed by atoms with van der Waals surface area (Å²) in [4.78, 5) is 27.7. The number of carbonyl (C=O) groups excluding carboxylic acids is 2. The Hall–Kier alpha value is -2.60. The lowest BCUT2D eigenvalue weighted by atomic mass is 9.91. The summed E-state index contributed by atoms with van der Waals surface area (Å²) < 4.78 is 17.8. The van der Waals surface area contributed by atoms with Crippen LogP contribution in [0.25, 0.3) is 10.8 Å². The molecule has 0 saturated heterocycles. The van der Waals surface area contributed by atoms with E-state index in [9.17, 15) is 9.59 Å². The fraction of sp³-hybridized carbons (Fsp3) is 0.458. The van der Waals surface area contributed by atoms with Crippen molar-refractivity contribution in [3.8, 4) is 17.2 Å². The molecule has 3 rings (SSSR count). The highest BCUT2D eigenvalue weighted by molar-refractivity contribution is 6.00. The van der Waals surface area contributed by atoms with Crippen LogP contribution in [0.1, 0.15) is 53.0 Å². The molecule has 0 amide bonds. The van der Waals surface area contributed by atoms with E-state index in [2.05, 4.69) is 11.7 Å². The van der Waals surface area contributed by atoms with Crippen LogP contribution < -0.4 is 31.6 Å². The third kappa shape index (κ3) is 5.01. The van der Waals surface area contributed by atoms with Gasteiger partial charge in [0.15, 0.2) is 11.5 Å². The van der Waals surface area contributed by atoms with Gasteiger partial charge in [0, 0.05) is 29.2 Å². The molecule has 2 atom stereocenters. The summed E-state index contributed by atoms with van der Waals surface area (Å²) in [6.07, 6.45) is 2.17. The van der Waals surface area contributed by atoms with Crippen molar-refractivity contribution in [3.63, 3.8) is 0 Å². The molecule has 1 aliphatic heterocycles. The molecule has 1 N–H and O–H groups in total. The molecule has 2 aromatic carbocycles. The zero-order valence-corrected chi connectivity index (χ0v) is 19.5. The molecule has 1 aliphatic rings. The van der Waals surface area contributed by atoms with Crippen molar-refractivity contribution in [1.82, 2.24) is 0 Å². The first kappa shape index (κ1) is 24.7. The molecule has 0 spiro atoms. The number of halogens is 1. The maximum atomic E-state index is 13.0. The molecule has 2 unspecified atom stereocenters. The molecule has 0 aliphatic carbocycles. The third-order valence-corrected chi connectivity index (χ3v) is 5.66. The van der Waals surface area contributed by atoms with Crippen LogP contribution in [0.2, 0.25) is 0 Å². The number of benzene rings is 2. The van der Waals surface area contributed by atoms with Crippen molar-refractivity contribution in [2.75, 3.05) is 0 Å². The van der Waals surface area contributed by atoms with Crippen LogP contribution in [0.3, 0.4) is 0 Å². The highest BCUT2D eigenvalue weighted by atomic mass is 35.5. The molecule has 7 heteroatoms. The number of carbonyl (C=O) groups is 2. The molecular weight excluding hydrogens is 418 g/mol. The second kappa shape index (κ2) is 9.69. The molecule has 6 nitrogen and oxygen atoms in total. The lowest BCUT2D eigenvalue weighted by Crippen LogP contribution is -3.00. The monoisotopic (exact) mass is 447 g/mol. The molecule has 0 fully saturated rings. The highest BCUT2D eigenvalue weighted by Gasteiger charge is 2.36. The van der Waals surface area contributed by atoms with Crippen molar-refractivity contribution in [2.24, 2.45) is 5.92 Å². The predicted molar refractivity (Wildman–Crippen MR) is 115 cm³/mol. The van der Waals surface area contributed by atoms with Crippen molar-refractivity contribution in [2.45, 2.75) is 65.5 Å². The van der Waals surface area contributed by atoms with E-state index >= 15 is 0 Å². The molecule has 0 saturated carbocycles. The Morgan fingerprint density at radius 3 is 2.42 bits per heavy atom. The average molecular weight is 448 g/mol. The minimum absolute atomic E-state index is 0. The van der Waals surface area contributed by atoms with Gasteiger partial charge in [-0.15, -0.1) is 0 Å². The van der Waals surface area contributed by atoms with Crippen LogP contribution in [0.5, 0.6) is 17.2 Å². The zero-order valence-electron chi connectivity index (χ0n) is 18.7. The van der Waals surface area contributed by atoms with E-state index in [1.54, 1.807) is 0 Å². The number of hydrogen-bond acceptors (Lipinski definition) is 5. The standard InChI is InChI=1S/C24H29NO5.ClH/c1-7-14(2)19(25-6)23(27)29-21-17-11-9-8-10-16(17)20-18(22(21)28-15(3)26)12-13-24(4,5)30-20;/h8-11,14,19H,6-7,12-13H2,1-5H3;1H. The second-order valence-electron chi connectivity index (χ2n) is 8.46. The molecule has 0 radical (unpaired) electrons. The van der Waals surface area contributed by atoms with Gasteiger partial charge in [-0.2, -0.15) is 0 Å². The Labute approximate surface area is 189 Å². The normalized spacial score (nSPS) is 16.2. The minimum atomic E-state index is -0.579. The van der Waals surface area contributed by atoms with Crippen LogP contribution in [0, 0.1) is 5.92 Å². The van der Waals surface area contributed by atoms with Gasteiger partial charge in [-0.05, 0) is 33.1 Å². The Balaban J connectivity index is 0.00000341. The smallest absolute Gasteiger partial charge is 0.381 e. The number of rotatable bonds is 6. The molecular formula is C24H30ClNO5. The van der Waals surface area contributed by atoms with E-state index in [1.807, 2.05) is 52.0 Å². The second-order valence-corrected chi connectivity index (χ2v) is 8.46. The number of ether oxygens (including phenoxy) is 3. The van der Waals surface area contributed by atoms with Gasteiger partial charge in [0.2, 0.25) is 6.04 Å². The van der Waals surface area contributed by atoms with Gasteiger partial charge in [0.25, 0.3) is 0 Å². The summed E-state index contributed by atoms with van der Waals surface area (Å²) in [5.74, 6) is 0.258. The Morgan fingerprint density at radius 1 is 1.19 bits per heavy atom. The van der Waals surface area contributed by atoms with Gasteiger partial charge in [-0.25, -0.2) is 9.79 Å².